The molecule has 0 aromatic rings. The van der Waals surface area contributed by atoms with E-state index in [-0.39, 0.29) is 18.1 Å². The third-order valence-electron chi connectivity index (χ3n) is 2.48. The second kappa shape index (κ2) is 8.07. The van der Waals surface area contributed by atoms with Crippen LogP contribution in [0.4, 0.5) is 0 Å². The summed E-state index contributed by atoms with van der Waals surface area (Å²) in [6, 6.07) is 0.921. The summed E-state index contributed by atoms with van der Waals surface area (Å²) in [7, 11) is -1.22. The highest BCUT2D eigenvalue weighted by molar-refractivity contribution is 7.80. The number of hydrogen-bond donors (Lipinski definition) is 1. The molecule has 6 heteroatoms. The number of thiol groups is 1. The van der Waals surface area contributed by atoms with Crippen molar-refractivity contribution in [1.29, 1.82) is 0 Å². The highest BCUT2D eigenvalue weighted by atomic mass is 32.1. The van der Waals surface area contributed by atoms with Gasteiger partial charge in [-0.2, -0.15) is 12.6 Å². The van der Waals surface area contributed by atoms with E-state index in [0.717, 1.165) is 6.04 Å². The molecule has 0 radical (unpaired) electrons. The van der Waals surface area contributed by atoms with Crippen molar-refractivity contribution in [3.05, 3.63) is 0 Å². The summed E-state index contributed by atoms with van der Waals surface area (Å²) >= 11 is 4.12. The minimum Gasteiger partial charge on any atom is -0.466 e. The van der Waals surface area contributed by atoms with Crippen LogP contribution in [-0.2, 0) is 19.1 Å². The zero-order valence-electron chi connectivity index (χ0n) is 13.5. The Balaban J connectivity index is 4.25. The quantitative estimate of drug-likeness (QED) is 0.445. The molecule has 1 atom stereocenters. The summed E-state index contributed by atoms with van der Waals surface area (Å²) in [4.78, 5) is 23.6. The molecule has 0 fully saturated rings. The average Bonchev–Trinajstić information content (AvgIpc) is 2.21. The van der Waals surface area contributed by atoms with E-state index in [0.29, 0.717) is 6.61 Å². The lowest BCUT2D eigenvalue weighted by Crippen LogP contribution is -2.30. The molecule has 4 nitrogen and oxygen atoms in total. The molecule has 0 aliphatic rings. The van der Waals surface area contributed by atoms with Gasteiger partial charge in [-0.15, -0.1) is 0 Å². The van der Waals surface area contributed by atoms with Crippen molar-refractivity contribution in [3.63, 3.8) is 0 Å². The maximum atomic E-state index is 11.9. The molecule has 0 rings (SSSR count). The molecule has 20 heavy (non-hydrogen) atoms. The van der Waals surface area contributed by atoms with Gasteiger partial charge in [0.05, 0.1) is 18.9 Å². The van der Waals surface area contributed by atoms with Gasteiger partial charge in [0.2, 0.25) is 0 Å². The van der Waals surface area contributed by atoms with Gasteiger partial charge >= 0.3 is 11.9 Å². The van der Waals surface area contributed by atoms with Crippen molar-refractivity contribution in [3.8, 4) is 0 Å². The lowest BCUT2D eigenvalue weighted by Gasteiger charge is -2.21. The number of carbonyl (C=O) groups is 2. The zero-order chi connectivity index (χ0) is 16.0. The van der Waals surface area contributed by atoms with Crippen molar-refractivity contribution in [2.75, 3.05) is 12.4 Å². The van der Waals surface area contributed by atoms with Gasteiger partial charge < -0.3 is 9.47 Å². The van der Waals surface area contributed by atoms with Crippen LogP contribution in [0.2, 0.25) is 25.7 Å². The Morgan fingerprint density at radius 3 is 2.15 bits per heavy atom. The number of ether oxygens (including phenoxy) is 2. The number of esters is 2. The summed E-state index contributed by atoms with van der Waals surface area (Å²) in [6.45, 7) is 12.5. The SMILES string of the molecule is CC(C)(C)OC(=O)C[C@@H](CS)C(=O)OCC[Si](C)(C)C. The van der Waals surface area contributed by atoms with Gasteiger partial charge in [-0.1, -0.05) is 19.6 Å². The van der Waals surface area contributed by atoms with Crippen molar-refractivity contribution >= 4 is 32.6 Å². The van der Waals surface area contributed by atoms with Gasteiger partial charge in [-0.3, -0.25) is 9.59 Å². The minimum absolute atomic E-state index is 0.0204. The van der Waals surface area contributed by atoms with Crippen LogP contribution < -0.4 is 0 Å². The monoisotopic (exact) mass is 320 g/mol. The minimum atomic E-state index is -1.22. The Morgan fingerprint density at radius 2 is 1.75 bits per heavy atom. The Hall–Kier alpha value is -0.493. The molecule has 0 saturated heterocycles. The molecular formula is C14H28O4SSi. The molecular weight excluding hydrogens is 292 g/mol. The third kappa shape index (κ3) is 10.3. The first-order valence-corrected chi connectivity index (χ1v) is 11.3. The van der Waals surface area contributed by atoms with Crippen LogP contribution in [0.15, 0.2) is 0 Å². The van der Waals surface area contributed by atoms with E-state index in [9.17, 15) is 9.59 Å². The third-order valence-corrected chi connectivity index (χ3v) is 4.63. The van der Waals surface area contributed by atoms with Crippen LogP contribution >= 0.6 is 12.6 Å². The van der Waals surface area contributed by atoms with Gasteiger partial charge in [0.15, 0.2) is 0 Å². The smallest absolute Gasteiger partial charge is 0.310 e. The fourth-order valence-corrected chi connectivity index (χ4v) is 2.38. The average molecular weight is 321 g/mol. The van der Waals surface area contributed by atoms with Crippen molar-refractivity contribution < 1.29 is 19.1 Å². The first-order valence-electron chi connectivity index (χ1n) is 6.94. The van der Waals surface area contributed by atoms with Crippen LogP contribution in [0.3, 0.4) is 0 Å². The van der Waals surface area contributed by atoms with Gasteiger partial charge in [0, 0.05) is 13.8 Å². The van der Waals surface area contributed by atoms with Crippen molar-refractivity contribution in [2.45, 2.75) is 58.5 Å². The van der Waals surface area contributed by atoms with Gasteiger partial charge in [0.25, 0.3) is 0 Å². The van der Waals surface area contributed by atoms with E-state index in [1.807, 2.05) is 0 Å². The molecule has 0 aliphatic heterocycles. The van der Waals surface area contributed by atoms with Crippen LogP contribution in [-0.4, -0.2) is 38.0 Å². The van der Waals surface area contributed by atoms with Crippen LogP contribution in [0.5, 0.6) is 0 Å². The highest BCUT2D eigenvalue weighted by Gasteiger charge is 2.26. The Bertz CT molecular complexity index is 331. The van der Waals surface area contributed by atoms with E-state index in [1.165, 1.54) is 0 Å². The molecule has 0 unspecified atom stereocenters. The molecule has 0 spiro atoms. The lowest BCUT2D eigenvalue weighted by atomic mass is 10.1. The predicted molar refractivity (Wildman–Crippen MR) is 86.9 cm³/mol. The van der Waals surface area contributed by atoms with E-state index >= 15 is 0 Å². The second-order valence-corrected chi connectivity index (χ2v) is 13.1. The summed E-state index contributed by atoms with van der Waals surface area (Å²) in [5.74, 6) is -0.997. The van der Waals surface area contributed by atoms with Crippen molar-refractivity contribution in [2.24, 2.45) is 5.92 Å². The summed E-state index contributed by atoms with van der Waals surface area (Å²) in [5.41, 5.74) is -0.542. The van der Waals surface area contributed by atoms with Crippen LogP contribution in [0.25, 0.3) is 0 Å². The molecule has 0 aromatic heterocycles. The number of carbonyl (C=O) groups excluding carboxylic acids is 2. The second-order valence-electron chi connectivity index (χ2n) is 7.15. The molecule has 0 bridgehead atoms. The molecule has 0 N–H and O–H groups in total. The maximum Gasteiger partial charge on any atom is 0.310 e. The zero-order valence-corrected chi connectivity index (χ0v) is 15.4. The molecule has 0 heterocycles. The fraction of sp³-hybridized carbons (Fsp3) is 0.857. The van der Waals surface area contributed by atoms with E-state index < -0.39 is 25.6 Å². The number of rotatable bonds is 7. The van der Waals surface area contributed by atoms with Crippen LogP contribution in [0.1, 0.15) is 27.2 Å². The summed E-state index contributed by atoms with van der Waals surface area (Å²) < 4.78 is 10.4. The normalized spacial score (nSPS) is 13.8. The maximum absolute atomic E-state index is 11.9. The Morgan fingerprint density at radius 1 is 1.20 bits per heavy atom. The summed E-state index contributed by atoms with van der Waals surface area (Å²) in [6.07, 6.45) is 0.0204. The first-order chi connectivity index (χ1) is 8.94. The largest absolute Gasteiger partial charge is 0.466 e. The van der Waals surface area contributed by atoms with Crippen molar-refractivity contribution in [1.82, 2.24) is 0 Å². The molecule has 118 valence electrons. The first kappa shape index (κ1) is 19.5. The fourth-order valence-electron chi connectivity index (χ4n) is 1.38. The molecule has 0 amide bonds. The van der Waals surface area contributed by atoms with Crippen LogP contribution in [0, 0.1) is 5.92 Å². The van der Waals surface area contributed by atoms with Gasteiger partial charge in [0.1, 0.15) is 5.60 Å². The van der Waals surface area contributed by atoms with E-state index in [1.54, 1.807) is 20.8 Å². The van der Waals surface area contributed by atoms with E-state index in [2.05, 4.69) is 32.3 Å². The van der Waals surface area contributed by atoms with Gasteiger partial charge in [-0.25, -0.2) is 0 Å². The Kier molecular flexibility index (Phi) is 7.87. The predicted octanol–water partition coefficient (Wildman–Crippen LogP) is 3.15. The molecule has 0 aliphatic carbocycles. The lowest BCUT2D eigenvalue weighted by molar-refractivity contribution is -0.160. The topological polar surface area (TPSA) is 52.6 Å². The molecule has 0 saturated carbocycles. The number of hydrogen-bond acceptors (Lipinski definition) is 5. The standard InChI is InChI=1S/C14H28O4SSi/c1-14(2,3)18-12(15)9-11(10-19)13(16)17-7-8-20(4,5)6/h11,19H,7-10H2,1-6H3/t11-/m0/s1. The highest BCUT2D eigenvalue weighted by Crippen LogP contribution is 2.15. The Labute approximate surface area is 129 Å². The van der Waals surface area contributed by atoms with Gasteiger partial charge in [-0.05, 0) is 26.8 Å². The summed E-state index contributed by atoms with van der Waals surface area (Å²) in [5, 5.41) is 0. The van der Waals surface area contributed by atoms with E-state index in [4.69, 9.17) is 9.47 Å². The molecule has 0 aromatic carbocycles.